The number of cyclic esters (lactones) is 2. The molecule has 5 nitrogen and oxygen atoms in total. The number of hydrogen-bond donors (Lipinski definition) is 0. The lowest BCUT2D eigenvalue weighted by molar-refractivity contribution is -0.309. The Morgan fingerprint density at radius 2 is 1.73 bits per heavy atom. The fraction of sp³-hybridized carbons (Fsp3) is 0.800. The largest absolute Gasteiger partial charge is 0.400 e. The first-order valence-corrected chi connectivity index (χ1v) is 5.06. The van der Waals surface area contributed by atoms with Crippen molar-refractivity contribution in [2.45, 2.75) is 52.1 Å². The topological polar surface area (TPSA) is 61.8 Å². The Morgan fingerprint density at radius 3 is 2.13 bits per heavy atom. The van der Waals surface area contributed by atoms with Gasteiger partial charge < -0.3 is 14.2 Å². The van der Waals surface area contributed by atoms with Gasteiger partial charge in [0, 0.05) is 0 Å². The van der Waals surface area contributed by atoms with E-state index in [0.29, 0.717) is 0 Å². The first-order chi connectivity index (χ1) is 6.99. The number of hydrogen-bond acceptors (Lipinski definition) is 5. The Labute approximate surface area is 88.7 Å². The molecule has 0 radical (unpaired) electrons. The molecule has 0 unspecified atom stereocenters. The second-order valence-electron chi connectivity index (χ2n) is 3.72. The zero-order valence-corrected chi connectivity index (χ0v) is 9.24. The molecule has 0 bridgehead atoms. The molecule has 86 valence electrons. The lowest BCUT2D eigenvalue weighted by atomic mass is 10.0. The smallest absolute Gasteiger partial charge is 0.365 e. The van der Waals surface area contributed by atoms with Crippen LogP contribution in [-0.4, -0.2) is 24.0 Å². The maximum atomic E-state index is 10.9. The van der Waals surface area contributed by atoms with Gasteiger partial charge in [-0.05, 0) is 19.8 Å². The zero-order valence-electron chi connectivity index (χ0n) is 9.24. The van der Waals surface area contributed by atoms with E-state index in [9.17, 15) is 9.59 Å². The van der Waals surface area contributed by atoms with Crippen LogP contribution in [0.25, 0.3) is 0 Å². The lowest BCUT2D eigenvalue weighted by Crippen LogP contribution is -2.41. The fourth-order valence-corrected chi connectivity index (χ4v) is 1.14. The first kappa shape index (κ1) is 12.0. The molecule has 0 saturated carbocycles. The summed E-state index contributed by atoms with van der Waals surface area (Å²) in [5.41, 5.74) is -0.442. The van der Waals surface area contributed by atoms with Crippen molar-refractivity contribution in [2.75, 3.05) is 0 Å². The Balaban J connectivity index is 2.57. The van der Waals surface area contributed by atoms with E-state index in [4.69, 9.17) is 14.2 Å². The van der Waals surface area contributed by atoms with Gasteiger partial charge in [-0.3, -0.25) is 9.59 Å². The minimum atomic E-state index is -1.19. The van der Waals surface area contributed by atoms with Crippen LogP contribution < -0.4 is 0 Å². The minimum absolute atomic E-state index is 0.338. The van der Waals surface area contributed by atoms with Crippen molar-refractivity contribution in [3.05, 3.63) is 0 Å². The summed E-state index contributed by atoms with van der Waals surface area (Å²) in [4.78, 5) is 21.9. The summed E-state index contributed by atoms with van der Waals surface area (Å²) in [5, 5.41) is 0. The third-order valence-electron chi connectivity index (χ3n) is 2.62. The summed E-state index contributed by atoms with van der Waals surface area (Å²) in [6.45, 7) is 4.60. The molecule has 0 aromatic rings. The quantitative estimate of drug-likeness (QED) is 0.524. The van der Waals surface area contributed by atoms with Gasteiger partial charge >= 0.3 is 18.4 Å². The van der Waals surface area contributed by atoms with Gasteiger partial charge in [-0.15, -0.1) is 0 Å². The van der Waals surface area contributed by atoms with Crippen LogP contribution in [0.4, 0.5) is 0 Å². The van der Waals surface area contributed by atoms with Crippen molar-refractivity contribution in [2.24, 2.45) is 0 Å². The molecule has 0 atom stereocenters. The van der Waals surface area contributed by atoms with Crippen molar-refractivity contribution in [3.63, 3.8) is 0 Å². The maximum Gasteiger partial charge on any atom is 0.365 e. The normalized spacial score (nSPS) is 18.6. The molecule has 1 saturated heterocycles. The van der Waals surface area contributed by atoms with E-state index >= 15 is 0 Å². The highest BCUT2D eigenvalue weighted by molar-refractivity contribution is 5.92. The van der Waals surface area contributed by atoms with Crippen molar-refractivity contribution in [1.82, 2.24) is 0 Å². The molecule has 0 spiro atoms. The van der Waals surface area contributed by atoms with E-state index in [1.54, 1.807) is 0 Å². The molecule has 0 aromatic heterocycles. The molecule has 1 aliphatic heterocycles. The predicted molar refractivity (Wildman–Crippen MR) is 50.7 cm³/mol. The molecule has 0 amide bonds. The van der Waals surface area contributed by atoms with Gasteiger partial charge in [0.1, 0.15) is 6.42 Å². The minimum Gasteiger partial charge on any atom is -0.400 e. The van der Waals surface area contributed by atoms with Gasteiger partial charge in [-0.1, -0.05) is 13.8 Å². The molecule has 15 heavy (non-hydrogen) atoms. The number of rotatable bonds is 4. The summed E-state index contributed by atoms with van der Waals surface area (Å²) < 4.78 is 14.9. The van der Waals surface area contributed by atoms with Crippen LogP contribution in [-0.2, 0) is 23.8 Å². The van der Waals surface area contributed by atoms with Gasteiger partial charge in [0.25, 0.3) is 0 Å². The van der Waals surface area contributed by atoms with E-state index in [1.165, 1.54) is 0 Å². The Kier molecular flexibility index (Phi) is 3.68. The average Bonchev–Trinajstić information content (AvgIpc) is 2.16. The summed E-state index contributed by atoms with van der Waals surface area (Å²) in [5.74, 6) is -1.21. The molecule has 1 heterocycles. The summed E-state index contributed by atoms with van der Waals surface area (Å²) in [7, 11) is 0. The first-order valence-electron chi connectivity index (χ1n) is 5.06. The van der Waals surface area contributed by atoms with Crippen molar-refractivity contribution < 1.29 is 23.8 Å². The number of esters is 2. The second-order valence-corrected chi connectivity index (χ2v) is 3.72. The van der Waals surface area contributed by atoms with Crippen LogP contribution in [0.5, 0.6) is 0 Å². The summed E-state index contributed by atoms with van der Waals surface area (Å²) >= 11 is 0. The Bertz CT molecular complexity index is 241. The highest BCUT2D eigenvalue weighted by Crippen LogP contribution is 2.24. The van der Waals surface area contributed by atoms with Gasteiger partial charge in [-0.25, -0.2) is 0 Å². The average molecular weight is 216 g/mol. The monoisotopic (exact) mass is 216 g/mol. The number of carbonyl (C=O) groups excluding carboxylic acids is 2. The highest BCUT2D eigenvalue weighted by Gasteiger charge is 2.34. The van der Waals surface area contributed by atoms with E-state index in [1.807, 2.05) is 20.8 Å². The molecular formula is C10H16O5. The SMILES string of the molecule is CCC(C)(CC)OC1OC(=O)CC(=O)O1. The number of ether oxygens (including phenoxy) is 3. The third kappa shape index (κ3) is 3.20. The number of carbonyl (C=O) groups is 2. The standard InChI is InChI=1S/C10H16O5/c1-4-10(3,5-2)15-9-13-7(11)6-8(12)14-9/h9H,4-6H2,1-3H3. The fourth-order valence-electron chi connectivity index (χ4n) is 1.14. The molecule has 0 aromatic carbocycles. The second kappa shape index (κ2) is 4.61. The molecule has 1 rings (SSSR count). The van der Waals surface area contributed by atoms with Crippen molar-refractivity contribution in [3.8, 4) is 0 Å². The predicted octanol–water partition coefficient (Wildman–Crippen LogP) is 1.36. The van der Waals surface area contributed by atoms with Crippen LogP contribution in [0.3, 0.4) is 0 Å². The van der Waals surface area contributed by atoms with Crippen LogP contribution in [0.1, 0.15) is 40.0 Å². The summed E-state index contributed by atoms with van der Waals surface area (Å²) in [6.07, 6.45) is 1.15. The van der Waals surface area contributed by atoms with E-state index in [-0.39, 0.29) is 6.42 Å². The molecule has 1 aliphatic rings. The van der Waals surface area contributed by atoms with Gasteiger partial charge in [-0.2, -0.15) is 0 Å². The molecule has 5 heteroatoms. The van der Waals surface area contributed by atoms with Crippen LogP contribution in [0.15, 0.2) is 0 Å². The van der Waals surface area contributed by atoms with Crippen molar-refractivity contribution >= 4 is 11.9 Å². The van der Waals surface area contributed by atoms with Crippen molar-refractivity contribution in [1.29, 1.82) is 0 Å². The van der Waals surface area contributed by atoms with Crippen LogP contribution >= 0.6 is 0 Å². The van der Waals surface area contributed by atoms with Gasteiger partial charge in [0.15, 0.2) is 0 Å². The third-order valence-corrected chi connectivity index (χ3v) is 2.62. The summed E-state index contributed by atoms with van der Waals surface area (Å²) in [6, 6.07) is 0. The van der Waals surface area contributed by atoms with E-state index < -0.39 is 24.0 Å². The maximum absolute atomic E-state index is 10.9. The molecule has 1 fully saturated rings. The van der Waals surface area contributed by atoms with Gasteiger partial charge in [0.2, 0.25) is 0 Å². The molecular weight excluding hydrogens is 200 g/mol. The van der Waals surface area contributed by atoms with Crippen LogP contribution in [0, 0.1) is 0 Å². The van der Waals surface area contributed by atoms with Gasteiger partial charge in [0.05, 0.1) is 5.60 Å². The highest BCUT2D eigenvalue weighted by atomic mass is 16.9. The molecule has 0 N–H and O–H groups in total. The lowest BCUT2D eigenvalue weighted by Gasteiger charge is -2.32. The molecule has 0 aliphatic carbocycles. The Hall–Kier alpha value is -1.10. The van der Waals surface area contributed by atoms with E-state index in [2.05, 4.69) is 0 Å². The van der Waals surface area contributed by atoms with Crippen LogP contribution in [0.2, 0.25) is 0 Å². The van der Waals surface area contributed by atoms with E-state index in [0.717, 1.165) is 12.8 Å². The Morgan fingerprint density at radius 1 is 1.27 bits per heavy atom. The zero-order chi connectivity index (χ0) is 11.5.